The molecule has 5 rings (SSSR count). The van der Waals surface area contributed by atoms with Crippen LogP contribution in [0.15, 0.2) is 65.2 Å². The van der Waals surface area contributed by atoms with Gasteiger partial charge in [0.2, 0.25) is 0 Å². The van der Waals surface area contributed by atoms with Crippen molar-refractivity contribution in [1.29, 1.82) is 0 Å². The van der Waals surface area contributed by atoms with E-state index in [1.807, 2.05) is 36.4 Å². The summed E-state index contributed by atoms with van der Waals surface area (Å²) >= 11 is 5.85. The normalized spacial score (nSPS) is 14.3. The number of halogens is 3. The molecule has 4 aromatic rings. The van der Waals surface area contributed by atoms with E-state index in [2.05, 4.69) is 20.5 Å². The van der Waals surface area contributed by atoms with Gasteiger partial charge in [-0.15, -0.1) is 12.4 Å². The summed E-state index contributed by atoms with van der Waals surface area (Å²) in [5.74, 6) is 1.37. The number of rotatable bonds is 5. The van der Waals surface area contributed by atoms with Gasteiger partial charge in [-0.3, -0.25) is 9.88 Å². The fraction of sp³-hybridized carbons (Fsp3) is 0.208. The molecule has 0 amide bonds. The van der Waals surface area contributed by atoms with Crippen molar-refractivity contribution < 1.29 is 8.81 Å². The number of pyridine rings is 1. The maximum absolute atomic E-state index is 14.2. The molecule has 8 heteroatoms. The van der Waals surface area contributed by atoms with Gasteiger partial charge in [-0.25, -0.2) is 4.39 Å². The summed E-state index contributed by atoms with van der Waals surface area (Å²) in [6.45, 7) is 4.90. The zero-order valence-electron chi connectivity index (χ0n) is 17.3. The minimum Gasteiger partial charge on any atom is -0.460 e. The Morgan fingerprint density at radius 2 is 1.88 bits per heavy atom. The van der Waals surface area contributed by atoms with Gasteiger partial charge in [-0.2, -0.15) is 0 Å². The molecule has 2 aromatic heterocycles. The number of nitrogens with one attached hydrogen (secondary N) is 2. The number of nitrogens with zero attached hydrogens (tertiary/aromatic N) is 2. The number of furan rings is 1. The summed E-state index contributed by atoms with van der Waals surface area (Å²) in [4.78, 5) is 6.88. The van der Waals surface area contributed by atoms with E-state index < -0.39 is 5.82 Å². The molecule has 0 radical (unpaired) electrons. The van der Waals surface area contributed by atoms with Gasteiger partial charge < -0.3 is 15.1 Å². The van der Waals surface area contributed by atoms with Crippen LogP contribution in [0.4, 0.5) is 15.8 Å². The van der Waals surface area contributed by atoms with Gasteiger partial charge in [-0.05, 0) is 48.5 Å². The third kappa shape index (κ3) is 4.89. The molecular weight excluding hydrogens is 450 g/mol. The highest BCUT2D eigenvalue weighted by molar-refractivity contribution is 6.30. The Morgan fingerprint density at radius 3 is 2.69 bits per heavy atom. The molecule has 0 unspecified atom stereocenters. The first-order chi connectivity index (χ1) is 15.2. The number of piperazine rings is 1. The second kappa shape index (κ2) is 9.88. The number of anilines is 2. The monoisotopic (exact) mass is 472 g/mol. The van der Waals surface area contributed by atoms with Crippen molar-refractivity contribution in [3.63, 3.8) is 0 Å². The Labute approximate surface area is 197 Å². The summed E-state index contributed by atoms with van der Waals surface area (Å²) in [5.41, 5.74) is 2.90. The van der Waals surface area contributed by atoms with Gasteiger partial charge in [-0.1, -0.05) is 17.7 Å². The summed E-state index contributed by atoms with van der Waals surface area (Å²) in [5, 5.41) is 7.77. The van der Waals surface area contributed by atoms with Crippen LogP contribution in [0, 0.1) is 5.82 Å². The van der Waals surface area contributed by atoms with Crippen LogP contribution in [0.2, 0.25) is 5.02 Å². The zero-order valence-corrected chi connectivity index (χ0v) is 18.8. The molecule has 0 spiro atoms. The second-order valence-corrected chi connectivity index (χ2v) is 8.07. The largest absolute Gasteiger partial charge is 0.460 e. The molecule has 1 fully saturated rings. The third-order valence-electron chi connectivity index (χ3n) is 5.48. The summed E-state index contributed by atoms with van der Waals surface area (Å²) in [6.07, 6.45) is 1.71. The molecule has 0 aliphatic carbocycles. The van der Waals surface area contributed by atoms with Gasteiger partial charge in [0.15, 0.2) is 0 Å². The van der Waals surface area contributed by atoms with Crippen molar-refractivity contribution in [1.82, 2.24) is 15.2 Å². The van der Waals surface area contributed by atoms with Crippen LogP contribution in [0.3, 0.4) is 0 Å². The molecule has 1 aliphatic rings. The average Bonchev–Trinajstić information content (AvgIpc) is 3.25. The van der Waals surface area contributed by atoms with Crippen molar-refractivity contribution in [2.75, 3.05) is 31.5 Å². The molecule has 166 valence electrons. The summed E-state index contributed by atoms with van der Waals surface area (Å²) < 4.78 is 20.3. The van der Waals surface area contributed by atoms with E-state index in [0.717, 1.165) is 66.4 Å². The maximum atomic E-state index is 14.2. The number of fused-ring (bicyclic) bond motifs is 1. The average molecular weight is 473 g/mol. The molecule has 0 saturated carbocycles. The standard InChI is InChI=1S/C24H22ClFN4O.ClH/c25-17-2-5-22(20(26)14-17)29-21-7-8-28-23-13-16(1-4-19(21)23)24-6-3-18(31-24)15-30-11-9-27-10-12-30;/h1-8,13-14,27H,9-12,15H2,(H,28,29);1H. The molecule has 2 aromatic carbocycles. The number of aromatic nitrogens is 1. The number of hydrogen-bond acceptors (Lipinski definition) is 5. The van der Waals surface area contributed by atoms with Crippen LogP contribution >= 0.6 is 24.0 Å². The Hall–Kier alpha value is -2.64. The minimum absolute atomic E-state index is 0. The van der Waals surface area contributed by atoms with Crippen LogP contribution in [-0.2, 0) is 6.54 Å². The molecular formula is C24H23Cl2FN4O. The zero-order chi connectivity index (χ0) is 21.2. The van der Waals surface area contributed by atoms with Crippen LogP contribution in [0.25, 0.3) is 22.2 Å². The highest BCUT2D eigenvalue weighted by Crippen LogP contribution is 2.31. The van der Waals surface area contributed by atoms with Crippen molar-refractivity contribution >= 4 is 46.3 Å². The van der Waals surface area contributed by atoms with Gasteiger partial charge in [0.1, 0.15) is 17.3 Å². The molecule has 0 bridgehead atoms. The minimum atomic E-state index is -0.401. The van der Waals surface area contributed by atoms with Crippen LogP contribution in [0.1, 0.15) is 5.76 Å². The van der Waals surface area contributed by atoms with Crippen molar-refractivity contribution in [3.8, 4) is 11.3 Å². The maximum Gasteiger partial charge on any atom is 0.148 e. The highest BCUT2D eigenvalue weighted by Gasteiger charge is 2.14. The van der Waals surface area contributed by atoms with E-state index in [0.29, 0.717) is 10.7 Å². The predicted octanol–water partition coefficient (Wildman–Crippen LogP) is 5.86. The Kier molecular flexibility index (Phi) is 6.96. The van der Waals surface area contributed by atoms with E-state index in [1.165, 1.54) is 6.07 Å². The van der Waals surface area contributed by atoms with E-state index >= 15 is 0 Å². The molecule has 5 nitrogen and oxygen atoms in total. The molecule has 2 N–H and O–H groups in total. The van der Waals surface area contributed by atoms with Gasteiger partial charge in [0.05, 0.1) is 17.7 Å². The lowest BCUT2D eigenvalue weighted by atomic mass is 10.1. The van der Waals surface area contributed by atoms with Gasteiger partial charge in [0, 0.05) is 54.0 Å². The molecule has 1 saturated heterocycles. The van der Waals surface area contributed by atoms with Crippen molar-refractivity contribution in [2.45, 2.75) is 6.54 Å². The van der Waals surface area contributed by atoms with Crippen LogP contribution in [0.5, 0.6) is 0 Å². The predicted molar refractivity (Wildman–Crippen MR) is 130 cm³/mol. The molecule has 32 heavy (non-hydrogen) atoms. The van der Waals surface area contributed by atoms with Crippen molar-refractivity contribution in [3.05, 3.63) is 77.4 Å². The Balaban J connectivity index is 0.00000245. The van der Waals surface area contributed by atoms with E-state index in [9.17, 15) is 4.39 Å². The number of hydrogen-bond donors (Lipinski definition) is 2. The Morgan fingerprint density at radius 1 is 1.03 bits per heavy atom. The van der Waals surface area contributed by atoms with E-state index in [-0.39, 0.29) is 12.4 Å². The summed E-state index contributed by atoms with van der Waals surface area (Å²) in [7, 11) is 0. The SMILES string of the molecule is Cl.Fc1cc(Cl)ccc1Nc1ccnc2cc(-c3ccc(CN4CCNCC4)o3)ccc12. The first kappa shape index (κ1) is 22.6. The first-order valence-electron chi connectivity index (χ1n) is 10.3. The molecule has 3 heterocycles. The van der Waals surface area contributed by atoms with E-state index in [4.69, 9.17) is 16.0 Å². The third-order valence-corrected chi connectivity index (χ3v) is 5.71. The molecule has 1 aliphatic heterocycles. The van der Waals surface area contributed by atoms with Gasteiger partial charge >= 0.3 is 0 Å². The van der Waals surface area contributed by atoms with Gasteiger partial charge in [0.25, 0.3) is 0 Å². The highest BCUT2D eigenvalue weighted by atomic mass is 35.5. The lowest BCUT2D eigenvalue weighted by molar-refractivity contribution is 0.217. The second-order valence-electron chi connectivity index (χ2n) is 7.63. The first-order valence-corrected chi connectivity index (χ1v) is 10.7. The van der Waals surface area contributed by atoms with Crippen LogP contribution in [-0.4, -0.2) is 36.1 Å². The van der Waals surface area contributed by atoms with E-state index in [1.54, 1.807) is 18.3 Å². The smallest absolute Gasteiger partial charge is 0.148 e. The fourth-order valence-electron chi connectivity index (χ4n) is 3.85. The quantitative estimate of drug-likeness (QED) is 0.381. The van der Waals surface area contributed by atoms with Crippen LogP contribution < -0.4 is 10.6 Å². The fourth-order valence-corrected chi connectivity index (χ4v) is 4.01. The topological polar surface area (TPSA) is 53.3 Å². The lowest BCUT2D eigenvalue weighted by Crippen LogP contribution is -2.42. The summed E-state index contributed by atoms with van der Waals surface area (Å²) in [6, 6.07) is 16.4. The number of benzene rings is 2. The Bertz CT molecular complexity index is 1220. The lowest BCUT2D eigenvalue weighted by Gasteiger charge is -2.26. The molecule has 0 atom stereocenters. The van der Waals surface area contributed by atoms with Crippen molar-refractivity contribution in [2.24, 2.45) is 0 Å².